The van der Waals surface area contributed by atoms with E-state index in [2.05, 4.69) is 58.8 Å². The molecular weight excluding hydrogens is 342 g/mol. The number of fused-ring (bicyclic) bond motifs is 3. The average molecular weight is 364 g/mol. The third kappa shape index (κ3) is 2.71. The first-order chi connectivity index (χ1) is 12.8. The standard InChI is InChI=1S/C22H22ClN3/c23-17-12-10-15(11-13-17)19-14-21(16-6-2-1-3-7-16)26-20-9-5-4-8-18(20)24-22(26)25-19/h1-3,6-7,10-14,18,20-21H,4-5,8-9H2,(H,24,25)/t18-,20-,21?/m0/s1. The summed E-state index contributed by atoms with van der Waals surface area (Å²) >= 11 is 6.08. The van der Waals surface area contributed by atoms with Crippen LogP contribution in [0.4, 0.5) is 0 Å². The van der Waals surface area contributed by atoms with Crippen molar-refractivity contribution in [1.82, 2.24) is 10.2 Å². The van der Waals surface area contributed by atoms with Gasteiger partial charge in [0.2, 0.25) is 0 Å². The second kappa shape index (κ2) is 6.48. The molecule has 132 valence electrons. The van der Waals surface area contributed by atoms with Crippen LogP contribution in [0.2, 0.25) is 5.02 Å². The van der Waals surface area contributed by atoms with Crippen molar-refractivity contribution < 1.29 is 0 Å². The maximum atomic E-state index is 6.08. The third-order valence-electron chi connectivity index (χ3n) is 5.75. The van der Waals surface area contributed by atoms with Crippen molar-refractivity contribution >= 4 is 23.3 Å². The molecule has 3 nitrogen and oxygen atoms in total. The molecule has 0 bridgehead atoms. The Morgan fingerprint density at radius 1 is 0.962 bits per heavy atom. The highest BCUT2D eigenvalue weighted by atomic mass is 35.5. The van der Waals surface area contributed by atoms with Gasteiger partial charge < -0.3 is 10.2 Å². The Bertz CT molecular complexity index is 857. The molecule has 3 aliphatic rings. The van der Waals surface area contributed by atoms with Crippen LogP contribution in [0, 0.1) is 0 Å². The SMILES string of the molecule is Clc1ccc(C2=CC(c3ccccc3)N3C(=N[C@H]4CCCC[C@@H]43)N2)cc1. The highest BCUT2D eigenvalue weighted by Gasteiger charge is 2.43. The number of halogens is 1. The molecule has 0 spiro atoms. The summed E-state index contributed by atoms with van der Waals surface area (Å²) in [4.78, 5) is 7.58. The Hall–Kier alpha value is -2.26. The molecule has 3 atom stereocenters. The number of rotatable bonds is 2. The van der Waals surface area contributed by atoms with Crippen molar-refractivity contribution in [2.45, 2.75) is 43.8 Å². The van der Waals surface area contributed by atoms with E-state index < -0.39 is 0 Å². The van der Waals surface area contributed by atoms with Crippen LogP contribution in [0.3, 0.4) is 0 Å². The van der Waals surface area contributed by atoms with Gasteiger partial charge in [-0.25, -0.2) is 4.99 Å². The maximum absolute atomic E-state index is 6.08. The smallest absolute Gasteiger partial charge is 0.199 e. The lowest BCUT2D eigenvalue weighted by Crippen LogP contribution is -2.49. The summed E-state index contributed by atoms with van der Waals surface area (Å²) in [6.45, 7) is 0. The molecular formula is C22H22ClN3. The molecule has 0 amide bonds. The molecule has 1 N–H and O–H groups in total. The first kappa shape index (κ1) is 16.0. The molecule has 26 heavy (non-hydrogen) atoms. The van der Waals surface area contributed by atoms with Crippen molar-refractivity contribution in [3.05, 3.63) is 76.8 Å². The minimum atomic E-state index is 0.218. The lowest BCUT2D eigenvalue weighted by Gasteiger charge is -2.40. The molecule has 0 aromatic heterocycles. The number of aliphatic imine (C=N–C) groups is 1. The highest BCUT2D eigenvalue weighted by Crippen LogP contribution is 2.40. The Kier molecular flexibility index (Phi) is 3.97. The maximum Gasteiger partial charge on any atom is 0.199 e. The molecule has 2 aromatic carbocycles. The second-order valence-corrected chi connectivity index (χ2v) is 7.78. The van der Waals surface area contributed by atoms with Gasteiger partial charge in [-0.3, -0.25) is 0 Å². The zero-order valence-corrected chi connectivity index (χ0v) is 15.4. The number of guanidine groups is 1. The molecule has 1 saturated carbocycles. The van der Waals surface area contributed by atoms with Gasteiger partial charge >= 0.3 is 0 Å². The Balaban J connectivity index is 1.59. The molecule has 0 radical (unpaired) electrons. The predicted molar refractivity (Wildman–Crippen MR) is 107 cm³/mol. The summed E-state index contributed by atoms with van der Waals surface area (Å²) in [6, 6.07) is 20.0. The molecule has 1 fully saturated rings. The average Bonchev–Trinajstić information content (AvgIpc) is 3.07. The van der Waals surface area contributed by atoms with Gasteiger partial charge in [-0.1, -0.05) is 66.9 Å². The topological polar surface area (TPSA) is 27.6 Å². The van der Waals surface area contributed by atoms with E-state index in [0.717, 1.165) is 22.2 Å². The quantitative estimate of drug-likeness (QED) is 0.812. The van der Waals surface area contributed by atoms with E-state index in [1.54, 1.807) is 0 Å². The first-order valence-corrected chi connectivity index (χ1v) is 9.83. The summed E-state index contributed by atoms with van der Waals surface area (Å²) in [5.41, 5.74) is 3.58. The number of hydrogen-bond donors (Lipinski definition) is 1. The lowest BCUT2D eigenvalue weighted by atomic mass is 9.88. The van der Waals surface area contributed by atoms with Gasteiger partial charge in [0.25, 0.3) is 0 Å². The van der Waals surface area contributed by atoms with E-state index in [-0.39, 0.29) is 6.04 Å². The first-order valence-electron chi connectivity index (χ1n) is 9.45. The monoisotopic (exact) mass is 363 g/mol. The second-order valence-electron chi connectivity index (χ2n) is 7.35. The van der Waals surface area contributed by atoms with Gasteiger partial charge in [0.1, 0.15) is 0 Å². The molecule has 2 heterocycles. The number of hydrogen-bond acceptors (Lipinski definition) is 3. The van der Waals surface area contributed by atoms with Crippen molar-refractivity contribution in [2.75, 3.05) is 0 Å². The fourth-order valence-corrected chi connectivity index (χ4v) is 4.61. The van der Waals surface area contributed by atoms with E-state index >= 15 is 0 Å². The Morgan fingerprint density at radius 2 is 1.73 bits per heavy atom. The van der Waals surface area contributed by atoms with Crippen molar-refractivity contribution in [2.24, 2.45) is 4.99 Å². The molecule has 2 aliphatic heterocycles. The number of benzene rings is 2. The summed E-state index contributed by atoms with van der Waals surface area (Å²) in [7, 11) is 0. The van der Waals surface area contributed by atoms with E-state index in [0.29, 0.717) is 12.1 Å². The summed E-state index contributed by atoms with van der Waals surface area (Å²) < 4.78 is 0. The van der Waals surface area contributed by atoms with Gasteiger partial charge in [-0.2, -0.15) is 0 Å². The minimum Gasteiger partial charge on any atom is -0.327 e. The largest absolute Gasteiger partial charge is 0.327 e. The molecule has 1 aliphatic carbocycles. The normalized spacial score (nSPS) is 27.1. The van der Waals surface area contributed by atoms with E-state index in [1.807, 2.05) is 12.1 Å². The molecule has 4 heteroatoms. The fraction of sp³-hybridized carbons (Fsp3) is 0.318. The summed E-state index contributed by atoms with van der Waals surface area (Å²) in [5, 5.41) is 4.36. The predicted octanol–water partition coefficient (Wildman–Crippen LogP) is 5.01. The van der Waals surface area contributed by atoms with Crippen LogP contribution in [-0.2, 0) is 0 Å². The molecule has 5 rings (SSSR count). The number of nitrogens with one attached hydrogen (secondary N) is 1. The summed E-state index contributed by atoms with van der Waals surface area (Å²) in [6.07, 6.45) is 7.36. The zero-order chi connectivity index (χ0) is 17.5. The fourth-order valence-electron chi connectivity index (χ4n) is 4.49. The van der Waals surface area contributed by atoms with Crippen LogP contribution < -0.4 is 5.32 Å². The van der Waals surface area contributed by atoms with Gasteiger partial charge in [-0.15, -0.1) is 0 Å². The Morgan fingerprint density at radius 3 is 2.54 bits per heavy atom. The lowest BCUT2D eigenvalue weighted by molar-refractivity contribution is 0.213. The summed E-state index contributed by atoms with van der Waals surface area (Å²) in [5.74, 6) is 1.03. The molecule has 2 aromatic rings. The van der Waals surface area contributed by atoms with Crippen LogP contribution in [0.5, 0.6) is 0 Å². The van der Waals surface area contributed by atoms with Crippen molar-refractivity contribution in [1.29, 1.82) is 0 Å². The van der Waals surface area contributed by atoms with Gasteiger partial charge in [-0.05, 0) is 42.2 Å². The van der Waals surface area contributed by atoms with Crippen LogP contribution in [0.25, 0.3) is 5.70 Å². The van der Waals surface area contributed by atoms with E-state index in [4.69, 9.17) is 16.6 Å². The van der Waals surface area contributed by atoms with Crippen LogP contribution in [-0.4, -0.2) is 22.9 Å². The van der Waals surface area contributed by atoms with Gasteiger partial charge in [0, 0.05) is 10.7 Å². The van der Waals surface area contributed by atoms with E-state index in [1.165, 1.54) is 31.2 Å². The van der Waals surface area contributed by atoms with Crippen molar-refractivity contribution in [3.63, 3.8) is 0 Å². The van der Waals surface area contributed by atoms with E-state index in [9.17, 15) is 0 Å². The minimum absolute atomic E-state index is 0.218. The van der Waals surface area contributed by atoms with Crippen LogP contribution in [0.15, 0.2) is 65.7 Å². The van der Waals surface area contributed by atoms with Gasteiger partial charge in [0.15, 0.2) is 5.96 Å². The van der Waals surface area contributed by atoms with Crippen LogP contribution in [0.1, 0.15) is 42.9 Å². The molecule has 0 saturated heterocycles. The third-order valence-corrected chi connectivity index (χ3v) is 6.00. The zero-order valence-electron chi connectivity index (χ0n) is 14.6. The highest BCUT2D eigenvalue weighted by molar-refractivity contribution is 6.30. The Labute approximate surface area is 159 Å². The van der Waals surface area contributed by atoms with Gasteiger partial charge in [0.05, 0.1) is 18.1 Å². The molecule has 1 unspecified atom stereocenters. The van der Waals surface area contributed by atoms with Crippen LogP contribution >= 0.6 is 11.6 Å². The van der Waals surface area contributed by atoms with Crippen molar-refractivity contribution in [3.8, 4) is 0 Å². The number of nitrogens with zero attached hydrogens (tertiary/aromatic N) is 2.